The van der Waals surface area contributed by atoms with Crippen LogP contribution in [-0.4, -0.2) is 43.8 Å². The van der Waals surface area contributed by atoms with Gasteiger partial charge in [-0.15, -0.1) is 0 Å². The molecule has 0 amide bonds. The molecule has 2 aliphatic carbocycles. The number of rotatable bonds is 8. The fourth-order valence-corrected chi connectivity index (χ4v) is 3.55. The summed E-state index contributed by atoms with van der Waals surface area (Å²) in [6.45, 7) is 1.89. The van der Waals surface area contributed by atoms with Crippen molar-refractivity contribution < 1.29 is 27.4 Å². The maximum Gasteiger partial charge on any atom is 0.411 e. The summed E-state index contributed by atoms with van der Waals surface area (Å²) in [6, 6.07) is 0. The highest BCUT2D eigenvalue weighted by Crippen LogP contribution is 2.30. The number of alkyl halides is 3. The van der Waals surface area contributed by atoms with Crippen molar-refractivity contribution in [2.75, 3.05) is 13.2 Å². The molecule has 2 aliphatic rings. The molecule has 0 spiro atoms. The van der Waals surface area contributed by atoms with Crippen LogP contribution >= 0.6 is 0 Å². The van der Waals surface area contributed by atoms with Crippen LogP contribution in [0.1, 0.15) is 71.1 Å². The maximum absolute atomic E-state index is 12.2. The highest BCUT2D eigenvalue weighted by molar-refractivity contribution is 4.78. The zero-order chi connectivity index (χ0) is 17.4. The number of hydrogen-bond acceptors (Lipinski definition) is 3. The van der Waals surface area contributed by atoms with Gasteiger partial charge in [0.15, 0.2) is 0 Å². The summed E-state index contributed by atoms with van der Waals surface area (Å²) in [5.41, 5.74) is 0. The highest BCUT2D eigenvalue weighted by atomic mass is 19.4. The Balaban J connectivity index is 1.56. The fourth-order valence-electron chi connectivity index (χ4n) is 3.55. The van der Waals surface area contributed by atoms with Crippen LogP contribution in [0.2, 0.25) is 0 Å². The van der Waals surface area contributed by atoms with Crippen molar-refractivity contribution in [3.63, 3.8) is 0 Å². The molecule has 0 radical (unpaired) electrons. The molecular weight excluding hydrogens is 321 g/mol. The first-order valence-corrected chi connectivity index (χ1v) is 9.41. The zero-order valence-electron chi connectivity index (χ0n) is 14.7. The SMILES string of the molecule is CCCCOC1CCC(OC2CCC(OCC(F)(F)F)CC2)CC1. The molecule has 142 valence electrons. The van der Waals surface area contributed by atoms with Gasteiger partial charge in [-0.1, -0.05) is 13.3 Å². The minimum atomic E-state index is -4.23. The molecule has 24 heavy (non-hydrogen) atoms. The van der Waals surface area contributed by atoms with Gasteiger partial charge in [0.1, 0.15) is 6.61 Å². The second-order valence-electron chi connectivity index (χ2n) is 7.08. The van der Waals surface area contributed by atoms with Crippen LogP contribution in [0.25, 0.3) is 0 Å². The van der Waals surface area contributed by atoms with Crippen molar-refractivity contribution in [2.45, 2.75) is 102 Å². The van der Waals surface area contributed by atoms with Crippen molar-refractivity contribution in [2.24, 2.45) is 0 Å². The summed E-state index contributed by atoms with van der Waals surface area (Å²) < 4.78 is 53.5. The summed E-state index contributed by atoms with van der Waals surface area (Å²) in [4.78, 5) is 0. The number of unbranched alkanes of at least 4 members (excludes halogenated alkanes) is 1. The Morgan fingerprint density at radius 3 is 1.67 bits per heavy atom. The molecule has 0 atom stereocenters. The molecule has 0 bridgehead atoms. The van der Waals surface area contributed by atoms with Gasteiger partial charge >= 0.3 is 6.18 Å². The third-order valence-corrected chi connectivity index (χ3v) is 4.96. The van der Waals surface area contributed by atoms with E-state index in [2.05, 4.69) is 6.92 Å². The molecule has 6 heteroatoms. The Morgan fingerprint density at radius 2 is 1.21 bits per heavy atom. The van der Waals surface area contributed by atoms with Crippen molar-refractivity contribution >= 4 is 0 Å². The summed E-state index contributed by atoms with van der Waals surface area (Å²) in [5.74, 6) is 0. The summed E-state index contributed by atoms with van der Waals surface area (Å²) in [5, 5.41) is 0. The average Bonchev–Trinajstić information content (AvgIpc) is 2.55. The number of halogens is 3. The van der Waals surface area contributed by atoms with Gasteiger partial charge in [0.05, 0.1) is 24.4 Å². The van der Waals surface area contributed by atoms with Gasteiger partial charge in [-0.2, -0.15) is 13.2 Å². The monoisotopic (exact) mass is 352 g/mol. The van der Waals surface area contributed by atoms with Gasteiger partial charge < -0.3 is 14.2 Å². The molecule has 3 nitrogen and oxygen atoms in total. The lowest BCUT2D eigenvalue weighted by atomic mass is 9.92. The standard InChI is InChI=1S/C18H31F3O3/c1-2-3-12-22-14-4-8-16(9-5-14)24-17-10-6-15(7-11-17)23-13-18(19,20)21/h14-17H,2-13H2,1H3. The van der Waals surface area contributed by atoms with Crippen molar-refractivity contribution in [3.8, 4) is 0 Å². The predicted molar refractivity (Wildman–Crippen MR) is 86.0 cm³/mol. The van der Waals surface area contributed by atoms with Crippen molar-refractivity contribution in [1.82, 2.24) is 0 Å². The van der Waals surface area contributed by atoms with Crippen molar-refractivity contribution in [1.29, 1.82) is 0 Å². The Kier molecular flexibility index (Phi) is 8.31. The van der Waals surface area contributed by atoms with Crippen molar-refractivity contribution in [3.05, 3.63) is 0 Å². The maximum atomic E-state index is 12.2. The highest BCUT2D eigenvalue weighted by Gasteiger charge is 2.32. The second-order valence-corrected chi connectivity index (χ2v) is 7.08. The van der Waals surface area contributed by atoms with Gasteiger partial charge in [0, 0.05) is 6.61 Å². The van der Waals surface area contributed by atoms with E-state index in [0.717, 1.165) is 58.0 Å². The smallest absolute Gasteiger partial charge is 0.378 e. The van der Waals surface area contributed by atoms with Crippen LogP contribution in [0.15, 0.2) is 0 Å². The summed E-state index contributed by atoms with van der Waals surface area (Å²) >= 11 is 0. The Bertz CT molecular complexity index is 333. The van der Waals surface area contributed by atoms with E-state index in [-0.39, 0.29) is 18.3 Å². The van der Waals surface area contributed by atoms with Crippen LogP contribution in [-0.2, 0) is 14.2 Å². The van der Waals surface area contributed by atoms with Crippen LogP contribution < -0.4 is 0 Å². The van der Waals surface area contributed by atoms with Crippen LogP contribution in [0.5, 0.6) is 0 Å². The quantitative estimate of drug-likeness (QED) is 0.574. The zero-order valence-corrected chi connectivity index (χ0v) is 14.7. The van der Waals surface area contributed by atoms with Crippen LogP contribution in [0.4, 0.5) is 13.2 Å². The Hall–Kier alpha value is -0.330. The molecule has 0 saturated heterocycles. The second kappa shape index (κ2) is 9.97. The van der Waals surface area contributed by atoms with E-state index in [1.807, 2.05) is 0 Å². The van der Waals surface area contributed by atoms with Gasteiger partial charge in [-0.05, 0) is 57.8 Å². The number of hydrogen-bond donors (Lipinski definition) is 0. The molecule has 2 saturated carbocycles. The molecule has 0 N–H and O–H groups in total. The largest absolute Gasteiger partial charge is 0.411 e. The van der Waals surface area contributed by atoms with E-state index in [1.54, 1.807) is 0 Å². The lowest BCUT2D eigenvalue weighted by Crippen LogP contribution is -2.34. The number of ether oxygens (including phenoxy) is 3. The van der Waals surface area contributed by atoms with E-state index >= 15 is 0 Å². The van der Waals surface area contributed by atoms with E-state index < -0.39 is 12.8 Å². The van der Waals surface area contributed by atoms with Crippen LogP contribution in [0, 0.1) is 0 Å². The molecule has 0 aromatic heterocycles. The van der Waals surface area contributed by atoms with E-state index in [4.69, 9.17) is 14.2 Å². The minimum absolute atomic E-state index is 0.179. The first-order chi connectivity index (χ1) is 11.5. The van der Waals surface area contributed by atoms with E-state index in [1.165, 1.54) is 0 Å². The van der Waals surface area contributed by atoms with E-state index in [0.29, 0.717) is 18.9 Å². The van der Waals surface area contributed by atoms with Crippen LogP contribution in [0.3, 0.4) is 0 Å². The lowest BCUT2D eigenvalue weighted by Gasteiger charge is -2.34. The van der Waals surface area contributed by atoms with Gasteiger partial charge in [0.25, 0.3) is 0 Å². The average molecular weight is 352 g/mol. The van der Waals surface area contributed by atoms with E-state index in [9.17, 15) is 13.2 Å². The molecule has 0 unspecified atom stereocenters. The topological polar surface area (TPSA) is 27.7 Å². The summed E-state index contributed by atoms with van der Waals surface area (Å²) in [7, 11) is 0. The normalized spacial score (nSPS) is 32.0. The lowest BCUT2D eigenvalue weighted by molar-refractivity contribution is -0.191. The third-order valence-electron chi connectivity index (χ3n) is 4.96. The van der Waals surface area contributed by atoms with Gasteiger partial charge in [-0.3, -0.25) is 0 Å². The molecule has 0 heterocycles. The first-order valence-electron chi connectivity index (χ1n) is 9.41. The van der Waals surface area contributed by atoms with Gasteiger partial charge in [0.2, 0.25) is 0 Å². The predicted octanol–water partition coefficient (Wildman–Crippen LogP) is 5.02. The fraction of sp³-hybridized carbons (Fsp3) is 1.00. The molecule has 2 rings (SSSR count). The molecule has 0 aromatic rings. The first kappa shape index (κ1) is 20.0. The molecule has 0 aliphatic heterocycles. The Labute approximate surface area is 143 Å². The summed E-state index contributed by atoms with van der Waals surface area (Å²) in [6.07, 6.45) is 5.72. The molecule has 0 aromatic carbocycles. The molecular formula is C18H31F3O3. The van der Waals surface area contributed by atoms with Gasteiger partial charge in [-0.25, -0.2) is 0 Å². The third kappa shape index (κ3) is 7.70. The Morgan fingerprint density at radius 1 is 0.750 bits per heavy atom. The minimum Gasteiger partial charge on any atom is -0.378 e. The molecule has 2 fully saturated rings.